The molecule has 7 heteroatoms. The molecule has 1 saturated heterocycles. The summed E-state index contributed by atoms with van der Waals surface area (Å²) in [6.07, 6.45) is 5.59. The van der Waals surface area contributed by atoms with E-state index >= 15 is 0 Å². The molecule has 1 aliphatic rings. The van der Waals surface area contributed by atoms with E-state index in [0.717, 1.165) is 17.0 Å². The van der Waals surface area contributed by atoms with Crippen LogP contribution in [0.3, 0.4) is 0 Å². The fourth-order valence-corrected chi connectivity index (χ4v) is 3.45. The maximum absolute atomic E-state index is 12.3. The van der Waals surface area contributed by atoms with Crippen LogP contribution in [0.4, 0.5) is 5.82 Å². The van der Waals surface area contributed by atoms with Crippen LogP contribution in [-0.2, 0) is 11.8 Å². The van der Waals surface area contributed by atoms with E-state index in [0.29, 0.717) is 12.2 Å². The lowest BCUT2D eigenvalue weighted by molar-refractivity contribution is -0.127. The van der Waals surface area contributed by atoms with Gasteiger partial charge in [-0.1, -0.05) is 30.3 Å². The molecule has 26 heavy (non-hydrogen) atoms. The fraction of sp³-hybridized carbons (Fsp3) is 0.263. The van der Waals surface area contributed by atoms with E-state index in [1.165, 1.54) is 0 Å². The average Bonchev–Trinajstić information content (AvgIpc) is 3.19. The Kier molecular flexibility index (Phi) is 4.12. The zero-order chi connectivity index (χ0) is 18.1. The number of aromatic nitrogens is 4. The van der Waals surface area contributed by atoms with Crippen LogP contribution in [0.2, 0.25) is 0 Å². The van der Waals surface area contributed by atoms with Crippen molar-refractivity contribution in [2.75, 3.05) is 12.4 Å². The van der Waals surface area contributed by atoms with E-state index in [1.807, 2.05) is 50.5 Å². The van der Waals surface area contributed by atoms with Crippen molar-refractivity contribution in [3.05, 3.63) is 60.7 Å². The number of rotatable bonds is 4. The van der Waals surface area contributed by atoms with Crippen molar-refractivity contribution in [1.29, 1.82) is 0 Å². The zero-order valence-electron chi connectivity index (χ0n) is 14.7. The van der Waals surface area contributed by atoms with Gasteiger partial charge in [0.25, 0.3) is 0 Å². The number of anilines is 1. The third-order valence-corrected chi connectivity index (χ3v) is 4.79. The molecule has 3 heterocycles. The molecule has 0 unspecified atom stereocenters. The van der Waals surface area contributed by atoms with Gasteiger partial charge in [0.05, 0.1) is 35.9 Å². The van der Waals surface area contributed by atoms with Crippen molar-refractivity contribution in [2.24, 2.45) is 7.05 Å². The van der Waals surface area contributed by atoms with Gasteiger partial charge in [-0.2, -0.15) is 5.10 Å². The number of nitrogens with zero attached hydrogens (tertiary/aromatic N) is 5. The molecular formula is C19H20N6O. The van der Waals surface area contributed by atoms with E-state index in [4.69, 9.17) is 0 Å². The number of hydrogen-bond donors (Lipinski definition) is 1. The highest BCUT2D eigenvalue weighted by atomic mass is 16.2. The van der Waals surface area contributed by atoms with E-state index in [9.17, 15) is 4.79 Å². The number of likely N-dealkylation sites (N-methyl/N-ethyl adjacent to an activating group) is 1. The van der Waals surface area contributed by atoms with E-state index in [-0.39, 0.29) is 18.0 Å². The number of hydrogen-bond acceptors (Lipinski definition) is 5. The summed E-state index contributed by atoms with van der Waals surface area (Å²) < 4.78 is 1.81. The normalized spacial score (nSPS) is 19.8. The zero-order valence-corrected chi connectivity index (χ0v) is 14.7. The SMILES string of the molecule is CN1C(=O)C[C@@H](Nc2cncc(-c3ccccc3)n2)[C@@H]1c1ccnn1C. The smallest absolute Gasteiger partial charge is 0.225 e. The Morgan fingerprint density at radius 3 is 2.65 bits per heavy atom. The minimum Gasteiger partial charge on any atom is -0.363 e. The van der Waals surface area contributed by atoms with Gasteiger partial charge in [-0.25, -0.2) is 4.98 Å². The third kappa shape index (κ3) is 2.92. The molecule has 7 nitrogen and oxygen atoms in total. The lowest BCUT2D eigenvalue weighted by atomic mass is 10.1. The summed E-state index contributed by atoms with van der Waals surface area (Å²) in [6.45, 7) is 0. The molecule has 1 aliphatic heterocycles. The molecule has 1 fully saturated rings. The second-order valence-corrected chi connectivity index (χ2v) is 6.44. The molecule has 0 bridgehead atoms. The number of carbonyl (C=O) groups is 1. The summed E-state index contributed by atoms with van der Waals surface area (Å²) in [7, 11) is 3.71. The van der Waals surface area contributed by atoms with Gasteiger partial charge in [0.2, 0.25) is 5.91 Å². The summed E-state index contributed by atoms with van der Waals surface area (Å²) in [5.41, 5.74) is 2.79. The summed E-state index contributed by atoms with van der Waals surface area (Å²) in [5, 5.41) is 7.64. The van der Waals surface area contributed by atoms with Crippen LogP contribution in [0, 0.1) is 0 Å². The average molecular weight is 348 g/mol. The van der Waals surface area contributed by atoms with Crippen LogP contribution in [0.1, 0.15) is 18.2 Å². The van der Waals surface area contributed by atoms with Gasteiger partial charge in [0, 0.05) is 32.3 Å². The first-order chi connectivity index (χ1) is 12.6. The molecular weight excluding hydrogens is 328 g/mol. The Labute approximate surface area is 151 Å². The first-order valence-electron chi connectivity index (χ1n) is 8.51. The molecule has 4 rings (SSSR count). The predicted octanol–water partition coefficient (Wildman–Crippen LogP) is 2.26. The fourth-order valence-electron chi connectivity index (χ4n) is 3.45. The molecule has 1 N–H and O–H groups in total. The highest BCUT2D eigenvalue weighted by Gasteiger charge is 2.40. The summed E-state index contributed by atoms with van der Waals surface area (Å²) >= 11 is 0. The van der Waals surface area contributed by atoms with Gasteiger partial charge in [-0.05, 0) is 6.07 Å². The molecule has 2 aromatic heterocycles. The summed E-state index contributed by atoms with van der Waals surface area (Å²) in [4.78, 5) is 23.0. The van der Waals surface area contributed by atoms with Crippen molar-refractivity contribution < 1.29 is 4.79 Å². The highest BCUT2D eigenvalue weighted by molar-refractivity contribution is 5.80. The predicted molar refractivity (Wildman–Crippen MR) is 98.2 cm³/mol. The summed E-state index contributed by atoms with van der Waals surface area (Å²) in [5.74, 6) is 0.757. The quantitative estimate of drug-likeness (QED) is 0.783. The molecule has 0 spiro atoms. The molecule has 132 valence electrons. The minimum atomic E-state index is -0.0998. The lowest BCUT2D eigenvalue weighted by Gasteiger charge is -2.26. The maximum Gasteiger partial charge on any atom is 0.225 e. The van der Waals surface area contributed by atoms with Crippen LogP contribution >= 0.6 is 0 Å². The molecule has 1 amide bonds. The van der Waals surface area contributed by atoms with Crippen LogP contribution < -0.4 is 5.32 Å². The van der Waals surface area contributed by atoms with Gasteiger partial charge in [0.1, 0.15) is 5.82 Å². The van der Waals surface area contributed by atoms with Gasteiger partial charge < -0.3 is 10.2 Å². The Balaban J connectivity index is 1.62. The Bertz CT molecular complexity index is 923. The largest absolute Gasteiger partial charge is 0.363 e. The van der Waals surface area contributed by atoms with Crippen molar-refractivity contribution in [2.45, 2.75) is 18.5 Å². The first kappa shape index (κ1) is 16.3. The number of benzene rings is 1. The van der Waals surface area contributed by atoms with Crippen molar-refractivity contribution in [1.82, 2.24) is 24.6 Å². The topological polar surface area (TPSA) is 75.9 Å². The third-order valence-electron chi connectivity index (χ3n) is 4.79. The lowest BCUT2D eigenvalue weighted by Crippen LogP contribution is -2.31. The molecule has 0 aliphatic carbocycles. The second kappa shape index (κ2) is 6.59. The maximum atomic E-state index is 12.3. The first-order valence-corrected chi connectivity index (χ1v) is 8.51. The van der Waals surface area contributed by atoms with Crippen molar-refractivity contribution in [3.8, 4) is 11.3 Å². The Hall–Kier alpha value is -3.22. The molecule has 0 radical (unpaired) electrons. The number of amides is 1. The number of nitrogens with one attached hydrogen (secondary N) is 1. The van der Waals surface area contributed by atoms with Crippen LogP contribution in [0.5, 0.6) is 0 Å². The number of carbonyl (C=O) groups excluding carboxylic acids is 1. The Morgan fingerprint density at radius 2 is 1.92 bits per heavy atom. The monoisotopic (exact) mass is 348 g/mol. The number of aryl methyl sites for hydroxylation is 1. The standard InChI is InChI=1S/C19H20N6O/c1-24-18(26)10-14(19(24)16-8-9-21-25(16)2)22-17-12-20-11-15(23-17)13-6-4-3-5-7-13/h3-9,11-12,14,19H,10H2,1-2H3,(H,22,23)/t14-,19-/m1/s1. The van der Waals surface area contributed by atoms with Gasteiger partial charge in [-0.3, -0.25) is 14.5 Å². The van der Waals surface area contributed by atoms with E-state index < -0.39 is 0 Å². The van der Waals surface area contributed by atoms with E-state index in [1.54, 1.807) is 28.2 Å². The Morgan fingerprint density at radius 1 is 1.12 bits per heavy atom. The van der Waals surface area contributed by atoms with Gasteiger partial charge in [-0.15, -0.1) is 0 Å². The van der Waals surface area contributed by atoms with Crippen LogP contribution in [0.25, 0.3) is 11.3 Å². The van der Waals surface area contributed by atoms with Crippen molar-refractivity contribution in [3.63, 3.8) is 0 Å². The minimum absolute atomic E-state index is 0.0942. The van der Waals surface area contributed by atoms with Gasteiger partial charge >= 0.3 is 0 Å². The van der Waals surface area contributed by atoms with Gasteiger partial charge in [0.15, 0.2) is 0 Å². The van der Waals surface area contributed by atoms with Crippen LogP contribution in [-0.4, -0.2) is 43.6 Å². The second-order valence-electron chi connectivity index (χ2n) is 6.44. The van der Waals surface area contributed by atoms with Crippen molar-refractivity contribution >= 4 is 11.7 Å². The molecule has 0 saturated carbocycles. The molecule has 2 atom stereocenters. The molecule has 3 aromatic rings. The van der Waals surface area contributed by atoms with E-state index in [2.05, 4.69) is 20.4 Å². The summed E-state index contributed by atoms with van der Waals surface area (Å²) in [6, 6.07) is 11.7. The highest BCUT2D eigenvalue weighted by Crippen LogP contribution is 2.33. The number of likely N-dealkylation sites (tertiary alicyclic amines) is 1. The van der Waals surface area contributed by atoms with Crippen LogP contribution in [0.15, 0.2) is 55.0 Å². The molecule has 1 aromatic carbocycles.